The molecule has 2 rings (SSSR count). The van der Waals surface area contributed by atoms with Crippen LogP contribution in [0, 0.1) is 5.82 Å². The molecule has 0 saturated carbocycles. The van der Waals surface area contributed by atoms with Gasteiger partial charge in [-0.3, -0.25) is 9.88 Å². The minimum absolute atomic E-state index is 0.231. The van der Waals surface area contributed by atoms with Crippen molar-refractivity contribution in [3.8, 4) is 0 Å². The van der Waals surface area contributed by atoms with Crippen LogP contribution in [0.2, 0.25) is 0 Å². The Morgan fingerprint density at radius 2 is 2.06 bits per heavy atom. The Hall–Kier alpha value is -1.00. The third kappa shape index (κ3) is 2.87. The highest BCUT2D eigenvalue weighted by atomic mass is 19.1. The maximum Gasteiger partial charge on any atom is 0.141 e. The number of piperidine rings is 1. The number of hydrogen-bond donors (Lipinski definition) is 1. The minimum atomic E-state index is -0.253. The van der Waals surface area contributed by atoms with Gasteiger partial charge in [-0.05, 0) is 45.4 Å². The van der Waals surface area contributed by atoms with Gasteiger partial charge in [-0.15, -0.1) is 0 Å². The first-order valence-electron chi connectivity index (χ1n) is 6.57. The van der Waals surface area contributed by atoms with E-state index < -0.39 is 0 Å². The number of hydrogen-bond acceptors (Lipinski definition) is 3. The van der Waals surface area contributed by atoms with Crippen molar-refractivity contribution in [1.29, 1.82) is 0 Å². The van der Waals surface area contributed by atoms with E-state index in [1.165, 1.54) is 6.20 Å². The normalized spacial score (nSPS) is 21.8. The van der Waals surface area contributed by atoms with Gasteiger partial charge in [0.25, 0.3) is 0 Å². The lowest BCUT2D eigenvalue weighted by atomic mass is 9.89. The Balaban J connectivity index is 2.01. The molecule has 3 nitrogen and oxygen atoms in total. The summed E-state index contributed by atoms with van der Waals surface area (Å²) in [6, 6.07) is 1.82. The number of rotatable bonds is 3. The molecule has 1 N–H and O–H groups in total. The lowest BCUT2D eigenvalue weighted by molar-refractivity contribution is 0.117. The van der Waals surface area contributed by atoms with Crippen LogP contribution in [0.1, 0.15) is 38.3 Å². The van der Waals surface area contributed by atoms with Gasteiger partial charge in [-0.1, -0.05) is 0 Å². The lowest BCUT2D eigenvalue weighted by Gasteiger charge is -2.41. The molecular weight excluding hydrogens is 229 g/mol. The average molecular weight is 251 g/mol. The molecule has 1 aromatic rings. The summed E-state index contributed by atoms with van der Waals surface area (Å²) in [6.45, 7) is 6.46. The molecular formula is C14H22FN3. The summed E-state index contributed by atoms with van der Waals surface area (Å²) in [4.78, 5) is 6.33. The fourth-order valence-electron chi connectivity index (χ4n) is 2.52. The maximum atomic E-state index is 13.2. The second-order valence-corrected chi connectivity index (χ2v) is 5.46. The van der Waals surface area contributed by atoms with Crippen LogP contribution in [0.4, 0.5) is 4.39 Å². The summed E-state index contributed by atoms with van der Waals surface area (Å²) in [5.74, 6) is -0.253. The van der Waals surface area contributed by atoms with Crippen LogP contribution in [0.5, 0.6) is 0 Å². The topological polar surface area (TPSA) is 28.2 Å². The van der Waals surface area contributed by atoms with Gasteiger partial charge >= 0.3 is 0 Å². The summed E-state index contributed by atoms with van der Waals surface area (Å²) >= 11 is 0. The van der Waals surface area contributed by atoms with E-state index in [1.54, 1.807) is 12.3 Å². The van der Waals surface area contributed by atoms with Crippen LogP contribution in [-0.4, -0.2) is 35.6 Å². The van der Waals surface area contributed by atoms with Crippen LogP contribution in [-0.2, 0) is 0 Å². The molecule has 0 bridgehead atoms. The van der Waals surface area contributed by atoms with Gasteiger partial charge < -0.3 is 5.32 Å². The van der Waals surface area contributed by atoms with Crippen LogP contribution >= 0.6 is 0 Å². The lowest BCUT2D eigenvalue weighted by Crippen LogP contribution is -2.50. The van der Waals surface area contributed by atoms with Crippen molar-refractivity contribution in [1.82, 2.24) is 15.2 Å². The van der Waals surface area contributed by atoms with E-state index in [1.807, 2.05) is 7.05 Å². The molecule has 0 radical (unpaired) electrons. The number of pyridine rings is 1. The number of halogens is 1. The second-order valence-electron chi connectivity index (χ2n) is 5.46. The molecule has 4 heteroatoms. The highest BCUT2D eigenvalue weighted by molar-refractivity contribution is 5.15. The first-order chi connectivity index (χ1) is 8.54. The molecule has 1 fully saturated rings. The van der Waals surface area contributed by atoms with Crippen molar-refractivity contribution >= 4 is 0 Å². The maximum absolute atomic E-state index is 13.2. The fraction of sp³-hybridized carbons (Fsp3) is 0.643. The predicted octanol–water partition coefficient (Wildman–Crippen LogP) is 2.36. The molecule has 2 heterocycles. The van der Waals surface area contributed by atoms with Crippen molar-refractivity contribution in [2.45, 2.75) is 38.3 Å². The molecule has 1 aliphatic rings. The van der Waals surface area contributed by atoms with E-state index in [-0.39, 0.29) is 17.4 Å². The van der Waals surface area contributed by atoms with Gasteiger partial charge in [0.15, 0.2) is 0 Å². The van der Waals surface area contributed by atoms with Crippen LogP contribution in [0.3, 0.4) is 0 Å². The number of likely N-dealkylation sites (tertiary alicyclic amines) is 1. The smallest absolute Gasteiger partial charge is 0.141 e. The summed E-state index contributed by atoms with van der Waals surface area (Å²) in [7, 11) is 2.02. The number of nitrogens with one attached hydrogen (secondary N) is 1. The zero-order chi connectivity index (χ0) is 13.2. The minimum Gasteiger partial charge on any atom is -0.314 e. The highest BCUT2D eigenvalue weighted by Crippen LogP contribution is 2.28. The number of aromatic nitrogens is 1. The van der Waals surface area contributed by atoms with Gasteiger partial charge in [-0.2, -0.15) is 0 Å². The summed E-state index contributed by atoms with van der Waals surface area (Å²) in [6.07, 6.45) is 5.26. The van der Waals surface area contributed by atoms with E-state index in [4.69, 9.17) is 0 Å². The highest BCUT2D eigenvalue weighted by Gasteiger charge is 2.30. The SMILES string of the molecule is CNC1(C)CCN(C(C)c2cncc(F)c2)CC1. The zero-order valence-electron chi connectivity index (χ0n) is 11.4. The average Bonchev–Trinajstić information content (AvgIpc) is 2.39. The van der Waals surface area contributed by atoms with Gasteiger partial charge in [0.2, 0.25) is 0 Å². The van der Waals surface area contributed by atoms with Crippen molar-refractivity contribution in [2.24, 2.45) is 0 Å². The van der Waals surface area contributed by atoms with Crippen molar-refractivity contribution < 1.29 is 4.39 Å². The fourth-order valence-corrected chi connectivity index (χ4v) is 2.52. The van der Waals surface area contributed by atoms with E-state index in [9.17, 15) is 4.39 Å². The van der Waals surface area contributed by atoms with Crippen LogP contribution < -0.4 is 5.32 Å². The summed E-state index contributed by atoms with van der Waals surface area (Å²) in [5.41, 5.74) is 1.21. The molecule has 0 spiro atoms. The van der Waals surface area contributed by atoms with Crippen molar-refractivity contribution in [3.05, 3.63) is 29.8 Å². The largest absolute Gasteiger partial charge is 0.314 e. The standard InChI is InChI=1S/C14H22FN3/c1-11(12-8-13(15)10-17-9-12)18-6-4-14(2,16-3)5-7-18/h8-11,16H,4-7H2,1-3H3. The van der Waals surface area contributed by atoms with Crippen molar-refractivity contribution in [2.75, 3.05) is 20.1 Å². The second kappa shape index (κ2) is 5.33. The molecule has 1 saturated heterocycles. The van der Waals surface area contributed by atoms with E-state index >= 15 is 0 Å². The Kier molecular flexibility index (Phi) is 3.97. The van der Waals surface area contributed by atoms with Gasteiger partial charge in [0, 0.05) is 30.9 Å². The molecule has 18 heavy (non-hydrogen) atoms. The van der Waals surface area contributed by atoms with E-state index in [0.29, 0.717) is 0 Å². The van der Waals surface area contributed by atoms with Gasteiger partial charge in [0.05, 0.1) is 6.20 Å². The zero-order valence-corrected chi connectivity index (χ0v) is 11.4. The van der Waals surface area contributed by atoms with Gasteiger partial charge in [-0.25, -0.2) is 4.39 Å². The number of nitrogens with zero attached hydrogens (tertiary/aromatic N) is 2. The molecule has 0 amide bonds. The van der Waals surface area contributed by atoms with Gasteiger partial charge in [0.1, 0.15) is 5.82 Å². The molecule has 1 aromatic heterocycles. The molecule has 0 aromatic carbocycles. The Morgan fingerprint density at radius 3 is 2.61 bits per heavy atom. The third-order valence-electron chi connectivity index (χ3n) is 4.26. The first-order valence-corrected chi connectivity index (χ1v) is 6.57. The van der Waals surface area contributed by atoms with Crippen LogP contribution in [0.25, 0.3) is 0 Å². The van der Waals surface area contributed by atoms with E-state index in [2.05, 4.69) is 29.0 Å². The van der Waals surface area contributed by atoms with E-state index in [0.717, 1.165) is 31.5 Å². The van der Waals surface area contributed by atoms with Crippen molar-refractivity contribution in [3.63, 3.8) is 0 Å². The predicted molar refractivity (Wildman–Crippen MR) is 70.9 cm³/mol. The Labute approximate surface area is 108 Å². The molecule has 1 unspecified atom stereocenters. The Morgan fingerprint density at radius 1 is 1.39 bits per heavy atom. The third-order valence-corrected chi connectivity index (χ3v) is 4.26. The molecule has 1 atom stereocenters. The summed E-state index contributed by atoms with van der Waals surface area (Å²) < 4.78 is 13.2. The Bertz CT molecular complexity index is 400. The summed E-state index contributed by atoms with van der Waals surface area (Å²) in [5, 5.41) is 3.39. The quantitative estimate of drug-likeness (QED) is 0.894. The molecule has 1 aliphatic heterocycles. The first kappa shape index (κ1) is 13.4. The molecule has 100 valence electrons. The monoisotopic (exact) mass is 251 g/mol. The molecule has 0 aliphatic carbocycles. The van der Waals surface area contributed by atoms with Crippen LogP contribution in [0.15, 0.2) is 18.5 Å².